The Morgan fingerprint density at radius 1 is 1.17 bits per heavy atom. The fraction of sp³-hybridized carbons (Fsp3) is 0.484. The number of hydrogen-bond acceptors (Lipinski definition) is 6. The van der Waals surface area contributed by atoms with Crippen molar-refractivity contribution < 1.29 is 14.7 Å². The Kier molecular flexibility index (Phi) is 10.4. The summed E-state index contributed by atoms with van der Waals surface area (Å²) < 4.78 is 1.84. The smallest absolute Gasteiger partial charge is 0.305 e. The number of likely N-dealkylation sites (tertiary alicyclic amines) is 1. The maximum atomic E-state index is 13.4. The molecule has 2 aliphatic heterocycles. The van der Waals surface area contributed by atoms with E-state index in [9.17, 15) is 14.7 Å². The second-order valence-electron chi connectivity index (χ2n) is 11.2. The van der Waals surface area contributed by atoms with Crippen molar-refractivity contribution in [1.29, 1.82) is 0 Å². The van der Waals surface area contributed by atoms with E-state index < -0.39 is 12.0 Å². The molecule has 10 heteroatoms. The van der Waals surface area contributed by atoms with Crippen LogP contribution in [0.5, 0.6) is 0 Å². The minimum atomic E-state index is -0.946. The molecule has 0 radical (unpaired) electrons. The lowest BCUT2D eigenvalue weighted by Crippen LogP contribution is -2.44. The third-order valence-corrected chi connectivity index (χ3v) is 7.96. The number of carbonyl (C=O) groups is 2. The third-order valence-electron chi connectivity index (χ3n) is 7.96. The summed E-state index contributed by atoms with van der Waals surface area (Å²) in [7, 11) is 0. The quantitative estimate of drug-likeness (QED) is 0.320. The predicted molar refractivity (Wildman–Crippen MR) is 162 cm³/mol. The fourth-order valence-corrected chi connectivity index (χ4v) is 5.94. The molecule has 0 bridgehead atoms. The first kappa shape index (κ1) is 30.5. The summed E-state index contributed by atoms with van der Waals surface area (Å²) >= 11 is 0. The van der Waals surface area contributed by atoms with E-state index in [4.69, 9.17) is 4.98 Å². The Hall–Kier alpha value is -3.43. The predicted octanol–water partition coefficient (Wildman–Crippen LogP) is 4.64. The van der Waals surface area contributed by atoms with Crippen LogP contribution in [-0.2, 0) is 22.4 Å². The maximum Gasteiger partial charge on any atom is 0.305 e. The van der Waals surface area contributed by atoms with Gasteiger partial charge in [0, 0.05) is 24.5 Å². The molecule has 2 atom stereocenters. The number of amides is 1. The molecule has 0 saturated carbocycles. The van der Waals surface area contributed by atoms with E-state index in [2.05, 4.69) is 32.8 Å². The van der Waals surface area contributed by atoms with Gasteiger partial charge in [-0.15, -0.1) is 12.4 Å². The van der Waals surface area contributed by atoms with Gasteiger partial charge in [0.25, 0.3) is 0 Å². The van der Waals surface area contributed by atoms with Gasteiger partial charge in [-0.2, -0.15) is 5.10 Å². The highest BCUT2D eigenvalue weighted by atomic mass is 35.5. The van der Waals surface area contributed by atoms with Crippen LogP contribution in [0, 0.1) is 19.8 Å². The number of benzene rings is 1. The topological polar surface area (TPSA) is 112 Å². The number of nitrogens with one attached hydrogen (secondary N) is 2. The van der Waals surface area contributed by atoms with Crippen LogP contribution in [0.15, 0.2) is 42.5 Å². The van der Waals surface area contributed by atoms with E-state index in [-0.39, 0.29) is 30.7 Å². The molecule has 2 aliphatic rings. The molecule has 4 heterocycles. The van der Waals surface area contributed by atoms with Gasteiger partial charge in [-0.3, -0.25) is 9.59 Å². The van der Waals surface area contributed by atoms with Crippen molar-refractivity contribution in [1.82, 2.24) is 25.0 Å². The molecule has 1 fully saturated rings. The summed E-state index contributed by atoms with van der Waals surface area (Å²) in [5.41, 5.74) is 5.94. The molecule has 220 valence electrons. The number of aromatic nitrogens is 3. The van der Waals surface area contributed by atoms with Crippen LogP contribution in [0.25, 0.3) is 5.69 Å². The first-order chi connectivity index (χ1) is 19.4. The summed E-state index contributed by atoms with van der Waals surface area (Å²) in [6.07, 6.45) is 5.74. The SMILES string of the molecule is Cc1cc(C)n(-c2cccc([C@H](CC(=O)O)NC(=O)[C@@H]3CCCN(CCCc4ccc5c(n4)NCCC5)C3)c2)n1.Cl. The summed E-state index contributed by atoms with van der Waals surface area (Å²) in [5, 5.41) is 20.6. The number of nitrogens with zero attached hydrogens (tertiary/aromatic N) is 4. The third kappa shape index (κ3) is 7.86. The fourth-order valence-electron chi connectivity index (χ4n) is 5.94. The molecule has 0 spiro atoms. The average Bonchev–Trinajstić information content (AvgIpc) is 3.30. The molecular formula is C31H41ClN6O3. The first-order valence-electron chi connectivity index (χ1n) is 14.5. The van der Waals surface area contributed by atoms with E-state index in [0.29, 0.717) is 6.54 Å². The van der Waals surface area contributed by atoms with E-state index in [0.717, 1.165) is 92.3 Å². The summed E-state index contributed by atoms with van der Waals surface area (Å²) in [5.74, 6) is -0.141. The Morgan fingerprint density at radius 3 is 2.80 bits per heavy atom. The second kappa shape index (κ2) is 14.0. The lowest BCUT2D eigenvalue weighted by atomic mass is 9.95. The van der Waals surface area contributed by atoms with Gasteiger partial charge in [0.15, 0.2) is 0 Å². The van der Waals surface area contributed by atoms with Gasteiger partial charge in [-0.05, 0) is 101 Å². The Balaban J connectivity index is 0.00000387. The number of halogens is 1. The van der Waals surface area contributed by atoms with E-state index in [1.165, 1.54) is 5.56 Å². The number of carboxylic acids is 1. The van der Waals surface area contributed by atoms with Crippen molar-refractivity contribution in [2.75, 3.05) is 31.5 Å². The van der Waals surface area contributed by atoms with E-state index >= 15 is 0 Å². The lowest BCUT2D eigenvalue weighted by molar-refractivity contribution is -0.138. The van der Waals surface area contributed by atoms with Gasteiger partial charge in [0.05, 0.1) is 29.8 Å². The number of carbonyl (C=O) groups excluding carboxylic acids is 1. The van der Waals surface area contributed by atoms with Crippen LogP contribution in [0.3, 0.4) is 0 Å². The summed E-state index contributed by atoms with van der Waals surface area (Å²) in [4.78, 5) is 32.3. The van der Waals surface area contributed by atoms with Gasteiger partial charge in [0.2, 0.25) is 5.91 Å². The molecule has 5 rings (SSSR count). The van der Waals surface area contributed by atoms with Crippen molar-refractivity contribution in [3.05, 3.63) is 70.7 Å². The number of aryl methyl sites for hydroxylation is 4. The van der Waals surface area contributed by atoms with Gasteiger partial charge in [-0.25, -0.2) is 9.67 Å². The zero-order valence-corrected chi connectivity index (χ0v) is 24.8. The summed E-state index contributed by atoms with van der Waals surface area (Å²) in [6.45, 7) is 7.50. The molecule has 2 aromatic heterocycles. The van der Waals surface area contributed by atoms with Gasteiger partial charge >= 0.3 is 5.97 Å². The zero-order chi connectivity index (χ0) is 28.1. The Labute approximate surface area is 248 Å². The van der Waals surface area contributed by atoms with Crippen LogP contribution in [0.1, 0.15) is 66.4 Å². The number of rotatable bonds is 10. The maximum absolute atomic E-state index is 13.4. The normalized spacial score (nSPS) is 17.6. The van der Waals surface area contributed by atoms with Crippen LogP contribution in [0.2, 0.25) is 0 Å². The van der Waals surface area contributed by atoms with Crippen molar-refractivity contribution in [3.8, 4) is 5.69 Å². The molecule has 9 nitrogen and oxygen atoms in total. The van der Waals surface area contributed by atoms with Crippen molar-refractivity contribution in [2.24, 2.45) is 5.92 Å². The van der Waals surface area contributed by atoms with Crippen LogP contribution in [0.4, 0.5) is 5.82 Å². The highest BCUT2D eigenvalue weighted by Crippen LogP contribution is 2.24. The number of pyridine rings is 1. The molecule has 41 heavy (non-hydrogen) atoms. The second-order valence-corrected chi connectivity index (χ2v) is 11.2. The number of anilines is 1. The molecule has 1 aromatic carbocycles. The van der Waals surface area contributed by atoms with Crippen LogP contribution < -0.4 is 10.6 Å². The molecular weight excluding hydrogens is 540 g/mol. The monoisotopic (exact) mass is 580 g/mol. The van der Waals surface area contributed by atoms with E-state index in [1.807, 2.05) is 48.9 Å². The number of fused-ring (bicyclic) bond motifs is 1. The molecule has 0 unspecified atom stereocenters. The minimum Gasteiger partial charge on any atom is -0.481 e. The molecule has 0 aliphatic carbocycles. The Bertz CT molecular complexity index is 1360. The molecule has 1 amide bonds. The minimum absolute atomic E-state index is 0. The highest BCUT2D eigenvalue weighted by molar-refractivity contribution is 5.85. The van der Waals surface area contributed by atoms with Crippen molar-refractivity contribution in [2.45, 2.75) is 64.8 Å². The van der Waals surface area contributed by atoms with Crippen LogP contribution in [-0.4, -0.2) is 62.8 Å². The number of carboxylic acid groups (broad SMARTS) is 1. The molecule has 1 saturated heterocycles. The van der Waals surface area contributed by atoms with E-state index in [1.54, 1.807) is 0 Å². The Morgan fingerprint density at radius 2 is 2.02 bits per heavy atom. The largest absolute Gasteiger partial charge is 0.481 e. The molecule has 3 aromatic rings. The summed E-state index contributed by atoms with van der Waals surface area (Å²) in [6, 6.07) is 13.4. The lowest BCUT2D eigenvalue weighted by Gasteiger charge is -2.33. The number of piperidine rings is 1. The van der Waals surface area contributed by atoms with Gasteiger partial charge < -0.3 is 20.6 Å². The number of aliphatic carboxylic acids is 1. The average molecular weight is 581 g/mol. The van der Waals surface area contributed by atoms with Crippen LogP contribution >= 0.6 is 12.4 Å². The van der Waals surface area contributed by atoms with Crippen molar-refractivity contribution in [3.63, 3.8) is 0 Å². The van der Waals surface area contributed by atoms with Crippen molar-refractivity contribution >= 4 is 30.1 Å². The molecule has 3 N–H and O–H groups in total. The first-order valence-corrected chi connectivity index (χ1v) is 14.5. The van der Waals surface area contributed by atoms with Gasteiger partial charge in [0.1, 0.15) is 5.82 Å². The van der Waals surface area contributed by atoms with Gasteiger partial charge in [-0.1, -0.05) is 18.2 Å². The number of hydrogen-bond donors (Lipinski definition) is 3. The highest BCUT2D eigenvalue weighted by Gasteiger charge is 2.28. The standard InChI is InChI=1S/C31H40N6O3.ClH/c1-21-17-22(2)37(35-21)27-11-3-7-24(18-27)28(19-29(38)39)34-31(40)25-9-5-15-36(20-25)16-6-10-26-13-12-23-8-4-14-32-30(23)33-26;/h3,7,11-13,17-18,25,28H,4-6,8-10,14-16,19-20H2,1-2H3,(H,32,33)(H,34,40)(H,38,39);1H/t25-,28+;/m1./s1. The zero-order valence-electron chi connectivity index (χ0n) is 23.9.